The zero-order valence-corrected chi connectivity index (χ0v) is 40.0. The van der Waals surface area contributed by atoms with E-state index in [1.54, 1.807) is 40.8 Å². The summed E-state index contributed by atoms with van der Waals surface area (Å²) in [5, 5.41) is 51.7. The van der Waals surface area contributed by atoms with Crippen LogP contribution in [0.25, 0.3) is 0 Å². The van der Waals surface area contributed by atoms with Gasteiger partial charge in [0.05, 0.1) is 43.6 Å². The highest BCUT2D eigenvalue weighted by molar-refractivity contribution is 8.76. The number of carbonyl (C=O) groups is 1. The number of aliphatic hydroxyl groups excluding tert-OH is 3. The number of aliphatic imine (C=N–C) groups is 1. The number of Topliss-reactive ketones (excluding diaryl/α,β-unsaturated/α-hetero) is 1. The fourth-order valence-corrected chi connectivity index (χ4v) is 13.1. The van der Waals surface area contributed by atoms with Crippen LogP contribution < -0.4 is 30.6 Å². The number of methoxy groups -OCH3 is 2. The van der Waals surface area contributed by atoms with Gasteiger partial charge in [-0.1, -0.05) is 84.1 Å². The summed E-state index contributed by atoms with van der Waals surface area (Å²) in [4.78, 5) is 18.2. The third-order valence-corrected chi connectivity index (χ3v) is 16.7. The van der Waals surface area contributed by atoms with E-state index in [1.165, 1.54) is 7.11 Å². The van der Waals surface area contributed by atoms with Crippen molar-refractivity contribution in [2.24, 2.45) is 34.4 Å². The molecule has 4 aliphatic heterocycles. The number of benzene rings is 2. The number of nitrogens with one attached hydrogen (secondary N) is 2. The summed E-state index contributed by atoms with van der Waals surface area (Å²) < 4.78 is 24.8. The molecule has 0 amide bonds. The second kappa shape index (κ2) is 22.8. The molecule has 9 unspecified atom stereocenters. The number of hydrogen-bond acceptors (Lipinski definition) is 15. The van der Waals surface area contributed by atoms with Crippen molar-refractivity contribution < 1.29 is 44.2 Å². The molecule has 1 spiro atoms. The standard InChI is InChI=1S/C50H68N4O9S2/c1-30(2)43-28-65-64-27-41-40-25-39-32-14-18-36(57)24-35(56)17-13-31-15-20-44(58)46(61-4)38(31)11-7-9-33(23-32)45(47(39)63-48(40)59)62-29-52-50(22-8-12-42(41)53-49(51)54-43)21-6-5-10-34(50)16-19-37(26-55)60-3/h15,20,23,30,34,36-37,40-43,48,52,55,57-59H,5-6,9-10,13-14,16-19,21-22,24-29H2,1-4H3,(H3,51,53,54). The Labute approximate surface area is 392 Å². The summed E-state index contributed by atoms with van der Waals surface area (Å²) in [7, 11) is 6.64. The van der Waals surface area contributed by atoms with Gasteiger partial charge in [0, 0.05) is 72.8 Å². The van der Waals surface area contributed by atoms with Gasteiger partial charge in [0.2, 0.25) is 6.29 Å². The largest absolute Gasteiger partial charge is 0.504 e. The number of guanidine groups is 1. The summed E-state index contributed by atoms with van der Waals surface area (Å²) in [5.74, 6) is 16.6. The molecule has 354 valence electrons. The summed E-state index contributed by atoms with van der Waals surface area (Å²) in [6.45, 7) is 4.39. The number of aliphatic hydroxyl groups is 3. The molecule has 8 rings (SSSR count). The first-order valence-corrected chi connectivity index (χ1v) is 25.9. The lowest BCUT2D eigenvalue weighted by Crippen LogP contribution is -2.54. The summed E-state index contributed by atoms with van der Waals surface area (Å²) in [5.41, 5.74) is 10.1. The maximum absolute atomic E-state index is 13.3. The number of hydrogen-bond donors (Lipinski definition) is 7. The van der Waals surface area contributed by atoms with Crippen molar-refractivity contribution in [3.8, 4) is 46.7 Å². The minimum absolute atomic E-state index is 0.00841. The number of carbonyl (C=O) groups excluding carboxylic acids is 1. The van der Waals surface area contributed by atoms with Gasteiger partial charge in [0.25, 0.3) is 0 Å². The van der Waals surface area contributed by atoms with Crippen molar-refractivity contribution in [3.63, 3.8) is 0 Å². The van der Waals surface area contributed by atoms with Gasteiger partial charge in [0.1, 0.15) is 12.5 Å². The lowest BCUT2D eigenvalue weighted by atomic mass is 9.69. The summed E-state index contributed by atoms with van der Waals surface area (Å²) in [6, 6.07) is 4.96. The first kappa shape index (κ1) is 49.1. The van der Waals surface area contributed by atoms with Gasteiger partial charge in [-0.2, -0.15) is 0 Å². The fourth-order valence-electron chi connectivity index (χ4n) is 10.2. The first-order chi connectivity index (χ1) is 31.4. The van der Waals surface area contributed by atoms with E-state index >= 15 is 0 Å². The Hall–Kier alpha value is -3.80. The van der Waals surface area contributed by atoms with Gasteiger partial charge in [-0.25, -0.2) is 4.99 Å². The molecule has 2 aromatic carbocycles. The van der Waals surface area contributed by atoms with E-state index in [-0.39, 0.29) is 79.8 Å². The molecule has 0 aromatic heterocycles. The molecule has 6 aliphatic rings. The quantitative estimate of drug-likeness (QED) is 0.137. The predicted molar refractivity (Wildman–Crippen MR) is 256 cm³/mol. The van der Waals surface area contributed by atoms with Crippen LogP contribution in [0.15, 0.2) is 23.2 Å². The van der Waals surface area contributed by atoms with Crippen molar-refractivity contribution in [1.82, 2.24) is 10.6 Å². The van der Waals surface area contributed by atoms with E-state index < -0.39 is 29.9 Å². The molecular formula is C50H68N4O9S2. The Bertz CT molecular complexity index is 2150. The monoisotopic (exact) mass is 932 g/mol. The number of phenolic OH excluding ortho intramolecular Hbond substituents is 1. The third kappa shape index (κ3) is 11.8. The van der Waals surface area contributed by atoms with Crippen LogP contribution in [0, 0.1) is 47.4 Å². The average Bonchev–Trinajstić information content (AvgIpc) is 3.28. The third-order valence-electron chi connectivity index (χ3n) is 14.2. The molecule has 4 heterocycles. The normalized spacial score (nSPS) is 29.2. The van der Waals surface area contributed by atoms with Gasteiger partial charge in [-0.15, -0.1) is 0 Å². The average molecular weight is 933 g/mol. The first-order valence-electron chi connectivity index (χ1n) is 23.4. The molecule has 2 aromatic rings. The zero-order chi connectivity index (χ0) is 46.1. The molecular weight excluding hydrogens is 865 g/mol. The van der Waals surface area contributed by atoms with Crippen molar-refractivity contribution in [1.29, 1.82) is 0 Å². The molecule has 0 saturated heterocycles. The Morgan fingerprint density at radius 2 is 1.85 bits per heavy atom. The molecule has 65 heavy (non-hydrogen) atoms. The molecule has 15 heteroatoms. The van der Waals surface area contributed by atoms with Gasteiger partial charge in [0.15, 0.2) is 29.0 Å². The highest BCUT2D eigenvalue weighted by Gasteiger charge is 2.44. The molecule has 1 fully saturated rings. The van der Waals surface area contributed by atoms with E-state index in [1.807, 2.05) is 0 Å². The minimum atomic E-state index is -1.22. The van der Waals surface area contributed by atoms with Crippen molar-refractivity contribution in [3.05, 3.63) is 46.0 Å². The van der Waals surface area contributed by atoms with Crippen LogP contribution in [-0.2, 0) is 35.2 Å². The number of ketones is 1. The van der Waals surface area contributed by atoms with Crippen LogP contribution in [0.2, 0.25) is 0 Å². The molecule has 9 atom stereocenters. The Morgan fingerprint density at radius 1 is 1.02 bits per heavy atom. The van der Waals surface area contributed by atoms with E-state index in [2.05, 4.69) is 54.2 Å². The number of ether oxygens (including phenoxy) is 4. The minimum Gasteiger partial charge on any atom is -0.504 e. The lowest BCUT2D eigenvalue weighted by Gasteiger charge is -2.45. The maximum Gasteiger partial charge on any atom is 0.201 e. The van der Waals surface area contributed by atoms with Gasteiger partial charge < -0.3 is 50.4 Å². The fraction of sp³-hybridized carbons (Fsp3) is 0.640. The maximum atomic E-state index is 13.3. The number of nitrogens with zero attached hydrogens (tertiary/aromatic N) is 1. The smallest absolute Gasteiger partial charge is 0.201 e. The molecule has 8 N–H and O–H groups in total. The lowest BCUT2D eigenvalue weighted by molar-refractivity contribution is -0.121. The number of fused-ring (bicyclic) bond motifs is 7. The summed E-state index contributed by atoms with van der Waals surface area (Å²) in [6.07, 6.45) is 5.80. The van der Waals surface area contributed by atoms with E-state index in [9.17, 15) is 25.2 Å². The summed E-state index contributed by atoms with van der Waals surface area (Å²) >= 11 is 0. The van der Waals surface area contributed by atoms with Crippen LogP contribution in [0.5, 0.6) is 23.0 Å². The predicted octanol–water partition coefficient (Wildman–Crippen LogP) is 5.42. The van der Waals surface area contributed by atoms with Gasteiger partial charge in [-0.05, 0) is 80.4 Å². The zero-order valence-electron chi connectivity index (χ0n) is 38.3. The van der Waals surface area contributed by atoms with Crippen LogP contribution in [-0.4, -0.2) is 107 Å². The van der Waals surface area contributed by atoms with E-state index in [4.69, 9.17) is 29.7 Å². The Morgan fingerprint density at radius 3 is 2.63 bits per heavy atom. The number of aromatic hydroxyl groups is 1. The van der Waals surface area contributed by atoms with Gasteiger partial charge in [-0.3, -0.25) is 10.1 Å². The van der Waals surface area contributed by atoms with Crippen LogP contribution in [0.1, 0.15) is 106 Å². The SMILES string of the molecule is COc1c(O)ccc2c1C#CCc1cc(c3c4c1OCNC1(CC#CC5NC(N)=NC(C(C)C)CSSCC5C(C3)C(O)O4)CCCCC1CCC(CO)OC)CCC(O)CC(=O)CC2. The van der Waals surface area contributed by atoms with E-state index in [0.29, 0.717) is 67.3 Å². The number of nitrogens with two attached hydrogens (primary N) is 1. The second-order valence-corrected chi connectivity index (χ2v) is 21.2. The van der Waals surface area contributed by atoms with Crippen molar-refractivity contribution in [2.75, 3.05) is 39.1 Å². The van der Waals surface area contributed by atoms with Crippen molar-refractivity contribution in [2.45, 2.75) is 140 Å². The number of aryl methyl sites for hydroxylation is 2. The molecule has 1 saturated carbocycles. The highest BCUT2D eigenvalue weighted by atomic mass is 33.1. The topological polar surface area (TPSA) is 197 Å². The van der Waals surface area contributed by atoms with Gasteiger partial charge >= 0.3 is 0 Å². The molecule has 13 nitrogen and oxygen atoms in total. The molecule has 0 radical (unpaired) electrons. The van der Waals surface area contributed by atoms with E-state index in [0.717, 1.165) is 60.1 Å². The van der Waals surface area contributed by atoms with Crippen molar-refractivity contribution >= 4 is 33.3 Å². The highest BCUT2D eigenvalue weighted by Crippen LogP contribution is 2.47. The van der Waals surface area contributed by atoms with Crippen LogP contribution >= 0.6 is 21.6 Å². The number of rotatable bonds is 7. The number of phenols is 1. The Kier molecular flexibility index (Phi) is 17.2. The van der Waals surface area contributed by atoms with Crippen LogP contribution in [0.3, 0.4) is 0 Å². The Balaban J connectivity index is 1.37. The molecule has 6 bridgehead atoms. The molecule has 2 aliphatic carbocycles. The van der Waals surface area contributed by atoms with Crippen LogP contribution in [0.4, 0.5) is 0 Å². The second-order valence-electron chi connectivity index (χ2n) is 18.6.